The molecule has 0 aliphatic rings. The quantitative estimate of drug-likeness (QED) is 0.0193. The Labute approximate surface area is 407 Å². The van der Waals surface area contributed by atoms with Crippen LogP contribution in [0.15, 0.2) is 53.6 Å². The van der Waals surface area contributed by atoms with Crippen molar-refractivity contribution >= 4 is 169 Å². The zero-order valence-corrected chi connectivity index (χ0v) is 40.9. The third-order valence-corrected chi connectivity index (χ3v) is 13.5. The van der Waals surface area contributed by atoms with E-state index in [4.69, 9.17) is 19.7 Å². The van der Waals surface area contributed by atoms with Crippen LogP contribution in [0.25, 0.3) is 49.5 Å². The molecule has 0 aliphatic carbocycles. The molecule has 3 radical (unpaired) electrons. The van der Waals surface area contributed by atoms with Crippen LogP contribution in [0.3, 0.4) is 0 Å². The van der Waals surface area contributed by atoms with Crippen molar-refractivity contribution in [2.24, 2.45) is 5.11 Å². The van der Waals surface area contributed by atoms with Gasteiger partial charge in [-0.25, -0.2) is 4.79 Å². The Kier molecular flexibility index (Phi) is 23.5. The van der Waals surface area contributed by atoms with Gasteiger partial charge in [0.05, 0.1) is 57.4 Å². The van der Waals surface area contributed by atoms with E-state index < -0.39 is 17.9 Å². The van der Waals surface area contributed by atoms with Crippen LogP contribution in [0.2, 0.25) is 0 Å². The smallest absolute Gasteiger partial charge is 0.345 e. The van der Waals surface area contributed by atoms with Crippen molar-refractivity contribution in [1.29, 1.82) is 0 Å². The van der Waals surface area contributed by atoms with Crippen molar-refractivity contribution in [2.45, 2.75) is 12.8 Å². The Hall–Kier alpha value is -1.43. The maximum absolute atomic E-state index is 12.8. The molecule has 1 amide bonds. The average molecular weight is 886 g/mol. The first-order valence-corrected chi connectivity index (χ1v) is 20.0. The molecule has 0 atom stereocenters. The van der Waals surface area contributed by atoms with Gasteiger partial charge < -0.3 is 34.8 Å². The van der Waals surface area contributed by atoms with Gasteiger partial charge in [-0.3, -0.25) is 14.4 Å². The molecule has 0 aromatic carbocycles. The van der Waals surface area contributed by atoms with Gasteiger partial charge in [-0.2, -0.15) is 0 Å². The van der Waals surface area contributed by atoms with E-state index >= 15 is 0 Å². The first-order chi connectivity index (χ1) is 25.6. The summed E-state index contributed by atoms with van der Waals surface area (Å²) in [6.45, 7) is 2.70. The van der Waals surface area contributed by atoms with E-state index in [1.165, 1.54) is 51.4 Å². The number of amides is 1. The summed E-state index contributed by atoms with van der Waals surface area (Å²) >= 11 is 6.66. The standard InChI is InChI=1S/C34H32N4O10S5.3Na/c35-38-37-8-10-47-12-14-48-13-11-46-9-7-36-33(43)25-5-1-21(49-25)27-15-19(17-29(39)40)31(52-27)23-3-4-24(51-23)32-20(18-30(41)42)16-28(53-32)22-2-6-26(50-22)34(44)45;;;/h1-6,15-16H,7-14,17-18H2,(H,36,43)(H,39,40)(H,41,42)(H,44,45);;;. The van der Waals surface area contributed by atoms with Gasteiger partial charge >= 0.3 is 17.9 Å². The molecular formula is C34H32N4Na3O10S5. The van der Waals surface area contributed by atoms with E-state index in [2.05, 4.69) is 15.3 Å². The van der Waals surface area contributed by atoms with E-state index in [0.29, 0.717) is 62.2 Å². The molecule has 5 rings (SSSR count). The van der Waals surface area contributed by atoms with Gasteiger partial charge in [-0.05, 0) is 65.2 Å². The molecule has 22 heteroatoms. The van der Waals surface area contributed by atoms with Crippen molar-refractivity contribution in [3.05, 3.63) is 79.9 Å². The Morgan fingerprint density at radius 2 is 1.07 bits per heavy atom. The molecule has 5 heterocycles. The minimum Gasteiger partial charge on any atom is -0.481 e. The van der Waals surface area contributed by atoms with Gasteiger partial charge in [0.15, 0.2) is 0 Å². The SMILES string of the molecule is [N-]=[N+]=NCCOCCOCCOCCNC(=O)c1ccc(-c2cc(CC(=O)O)c(-c3ccc(-c4sc(-c5ccc(C(=O)O)s5)cc4CC(=O)O)s3)s2)s1.[Na].[Na].[Na]. The third kappa shape index (κ3) is 15.0. The number of hydrogen-bond acceptors (Lipinski definition) is 13. The number of carboxylic acids is 3. The van der Waals surface area contributed by atoms with Crippen molar-refractivity contribution < 1.29 is 48.7 Å². The molecule has 56 heavy (non-hydrogen) atoms. The van der Waals surface area contributed by atoms with Gasteiger partial charge in [-0.1, -0.05) is 5.11 Å². The Bertz CT molecular complexity index is 2120. The number of carbonyl (C=O) groups excluding carboxylic acids is 1. The van der Waals surface area contributed by atoms with Gasteiger partial charge in [-0.15, -0.1) is 56.7 Å². The summed E-state index contributed by atoms with van der Waals surface area (Å²) in [5.74, 6) is -3.25. The molecule has 5 aromatic heterocycles. The second-order valence-electron chi connectivity index (χ2n) is 10.9. The Morgan fingerprint density at radius 3 is 1.55 bits per heavy atom. The summed E-state index contributed by atoms with van der Waals surface area (Å²) in [4.78, 5) is 57.5. The summed E-state index contributed by atoms with van der Waals surface area (Å²) in [7, 11) is 0. The van der Waals surface area contributed by atoms with E-state index in [9.17, 15) is 34.5 Å². The first-order valence-electron chi connectivity index (χ1n) is 15.9. The minimum absolute atomic E-state index is 0. The van der Waals surface area contributed by atoms with Crippen LogP contribution in [0, 0.1) is 0 Å². The second kappa shape index (κ2) is 25.9. The van der Waals surface area contributed by atoms with Crippen LogP contribution in [0.4, 0.5) is 0 Å². The molecule has 281 valence electrons. The van der Waals surface area contributed by atoms with E-state index in [1.807, 2.05) is 24.3 Å². The number of ether oxygens (including phenoxy) is 3. The van der Waals surface area contributed by atoms with Crippen LogP contribution in [0.5, 0.6) is 0 Å². The summed E-state index contributed by atoms with van der Waals surface area (Å²) < 4.78 is 16.1. The summed E-state index contributed by atoms with van der Waals surface area (Å²) in [6, 6.07) is 14.2. The van der Waals surface area contributed by atoms with Crippen molar-refractivity contribution in [1.82, 2.24) is 5.32 Å². The monoisotopic (exact) mass is 885 g/mol. The largest absolute Gasteiger partial charge is 0.481 e. The molecule has 0 bridgehead atoms. The number of aromatic carboxylic acids is 1. The van der Waals surface area contributed by atoms with E-state index in [1.54, 1.807) is 18.2 Å². The van der Waals surface area contributed by atoms with Crippen LogP contribution >= 0.6 is 56.7 Å². The predicted octanol–water partition coefficient (Wildman–Crippen LogP) is 6.56. The van der Waals surface area contributed by atoms with Crippen molar-refractivity contribution in [3.8, 4) is 39.0 Å². The molecule has 0 saturated heterocycles. The Morgan fingerprint density at radius 1 is 0.607 bits per heavy atom. The van der Waals surface area contributed by atoms with Crippen LogP contribution in [0.1, 0.15) is 30.5 Å². The Balaban J connectivity index is 0.00000361. The second-order valence-corrected chi connectivity index (χ2v) is 16.3. The number of nitrogens with one attached hydrogen (secondary N) is 1. The number of azide groups is 1. The van der Waals surface area contributed by atoms with Gasteiger partial charge in [0.2, 0.25) is 0 Å². The number of hydrogen-bond donors (Lipinski definition) is 4. The van der Waals surface area contributed by atoms with Crippen molar-refractivity contribution in [3.63, 3.8) is 0 Å². The number of aliphatic carboxylic acids is 2. The first kappa shape index (κ1) is 50.7. The van der Waals surface area contributed by atoms with Gasteiger partial charge in [0.1, 0.15) is 4.88 Å². The molecule has 0 spiro atoms. The number of rotatable bonds is 22. The van der Waals surface area contributed by atoms with Crippen molar-refractivity contribution in [2.75, 3.05) is 52.7 Å². The topological polar surface area (TPSA) is 217 Å². The third-order valence-electron chi connectivity index (χ3n) is 7.16. The molecular weight excluding hydrogens is 854 g/mol. The minimum atomic E-state index is -1.03. The number of thiophene rings is 5. The van der Waals surface area contributed by atoms with Gasteiger partial charge in [0, 0.05) is 146 Å². The molecule has 0 saturated carbocycles. The van der Waals surface area contributed by atoms with Gasteiger partial charge in [0.25, 0.3) is 5.91 Å². The molecule has 0 aliphatic heterocycles. The maximum atomic E-state index is 12.8. The normalized spacial score (nSPS) is 10.4. The number of nitrogens with zero attached hydrogens (tertiary/aromatic N) is 3. The fourth-order valence-electron chi connectivity index (χ4n) is 4.88. The molecule has 0 unspecified atom stereocenters. The number of carbonyl (C=O) groups is 4. The molecule has 5 aromatic rings. The fraction of sp³-hybridized carbons (Fsp3) is 0.294. The molecule has 0 fully saturated rings. The van der Waals surface area contributed by atoms with E-state index in [0.717, 1.165) is 50.4 Å². The average Bonchev–Trinajstić information content (AvgIpc) is 3.95. The number of carboxylic acid groups (broad SMARTS) is 3. The van der Waals surface area contributed by atoms with Crippen LogP contribution in [-0.2, 0) is 36.6 Å². The van der Waals surface area contributed by atoms with E-state index in [-0.39, 0.29) is 119 Å². The molecule has 14 nitrogen and oxygen atoms in total. The molecule has 4 N–H and O–H groups in total. The zero-order valence-electron chi connectivity index (χ0n) is 30.8. The van der Waals surface area contributed by atoms with Crippen LogP contribution < -0.4 is 5.32 Å². The summed E-state index contributed by atoms with van der Waals surface area (Å²) in [5.41, 5.74) is 9.45. The van der Waals surface area contributed by atoms with Crippen LogP contribution in [-0.4, -0.2) is 181 Å². The maximum Gasteiger partial charge on any atom is 0.345 e. The summed E-state index contributed by atoms with van der Waals surface area (Å²) in [5, 5.41) is 34.9. The zero-order chi connectivity index (χ0) is 37.7. The summed E-state index contributed by atoms with van der Waals surface area (Å²) in [6.07, 6.45) is -0.410. The fourth-order valence-corrected chi connectivity index (χ4v) is 10.5. The predicted molar refractivity (Wildman–Crippen MR) is 223 cm³/mol.